The molecule has 0 saturated heterocycles. The first-order valence-electron chi connectivity index (χ1n) is 7.78. The highest BCUT2D eigenvalue weighted by Gasteiger charge is 2.35. The molecule has 2 atom stereocenters. The molecule has 120 valence electrons. The number of hydrogen-bond acceptors (Lipinski definition) is 3. The van der Waals surface area contributed by atoms with Gasteiger partial charge in [0.05, 0.1) is 0 Å². The number of aryl methyl sites for hydroxylation is 1. The smallest absolute Gasteiger partial charge is 0.267 e. The molecule has 2 aromatic carbocycles. The van der Waals surface area contributed by atoms with Crippen molar-refractivity contribution in [1.29, 1.82) is 0 Å². The van der Waals surface area contributed by atoms with E-state index in [0.29, 0.717) is 18.0 Å². The molecule has 3 rings (SSSR count). The molecule has 1 aliphatic rings. The molecule has 0 radical (unpaired) electrons. The van der Waals surface area contributed by atoms with Crippen molar-refractivity contribution in [3.8, 4) is 11.5 Å². The van der Waals surface area contributed by atoms with Gasteiger partial charge in [-0.3, -0.25) is 4.79 Å². The number of fused-ring (bicyclic) bond motifs is 1. The van der Waals surface area contributed by atoms with Gasteiger partial charge in [0.15, 0.2) is 11.5 Å². The molecule has 0 fully saturated rings. The van der Waals surface area contributed by atoms with Gasteiger partial charge in [-0.05, 0) is 37.1 Å². The molecule has 0 spiro atoms. The van der Waals surface area contributed by atoms with Crippen LogP contribution in [0.4, 0.5) is 0 Å². The Bertz CT molecular complexity index is 713. The summed E-state index contributed by atoms with van der Waals surface area (Å²) in [5, 5.41) is 0. The zero-order chi connectivity index (χ0) is 16.4. The predicted octanol–water partition coefficient (Wildman–Crippen LogP) is 3.18. The summed E-state index contributed by atoms with van der Waals surface area (Å²) in [7, 11) is 1.80. The molecule has 0 aromatic heterocycles. The quantitative estimate of drug-likeness (QED) is 0.874. The summed E-state index contributed by atoms with van der Waals surface area (Å²) in [6, 6.07) is 15.5. The van der Waals surface area contributed by atoms with Crippen molar-refractivity contribution < 1.29 is 14.3 Å². The minimum absolute atomic E-state index is 0.0738. The van der Waals surface area contributed by atoms with E-state index in [4.69, 9.17) is 9.47 Å². The van der Waals surface area contributed by atoms with Crippen LogP contribution in [0.1, 0.15) is 18.1 Å². The third-order valence-corrected chi connectivity index (χ3v) is 4.13. The van der Waals surface area contributed by atoms with E-state index in [2.05, 4.69) is 0 Å². The number of amides is 1. The number of hydrogen-bond donors (Lipinski definition) is 0. The number of nitrogens with zero attached hydrogens (tertiary/aromatic N) is 1. The van der Waals surface area contributed by atoms with Crippen molar-refractivity contribution in [1.82, 2.24) is 4.90 Å². The van der Waals surface area contributed by atoms with Gasteiger partial charge in [-0.15, -0.1) is 0 Å². The van der Waals surface area contributed by atoms with Gasteiger partial charge in [0.2, 0.25) is 6.10 Å². The van der Waals surface area contributed by atoms with Gasteiger partial charge in [-0.2, -0.15) is 0 Å². The van der Waals surface area contributed by atoms with Crippen LogP contribution in [0.15, 0.2) is 48.5 Å². The average molecular weight is 311 g/mol. The molecular weight excluding hydrogens is 290 g/mol. The molecule has 0 bridgehead atoms. The van der Waals surface area contributed by atoms with E-state index < -0.39 is 6.10 Å². The molecule has 1 aliphatic heterocycles. The van der Waals surface area contributed by atoms with Crippen LogP contribution < -0.4 is 9.47 Å². The van der Waals surface area contributed by atoms with E-state index in [9.17, 15) is 4.79 Å². The maximum atomic E-state index is 12.8. The molecule has 4 nitrogen and oxygen atoms in total. The Hall–Kier alpha value is -2.49. The van der Waals surface area contributed by atoms with E-state index in [1.54, 1.807) is 11.9 Å². The summed E-state index contributed by atoms with van der Waals surface area (Å²) in [5.41, 5.74) is 2.31. The van der Waals surface area contributed by atoms with Crippen molar-refractivity contribution in [3.63, 3.8) is 0 Å². The number of rotatable bonds is 3. The third-order valence-electron chi connectivity index (χ3n) is 4.13. The maximum Gasteiger partial charge on any atom is 0.267 e. The standard InChI is InChI=1S/C19H21NO3/c1-13-8-4-5-9-15(13)12-20(3)19(21)18-14(2)22-16-10-6-7-11-17(16)23-18/h4-11,14,18H,12H2,1-3H3. The lowest BCUT2D eigenvalue weighted by Gasteiger charge is -2.33. The van der Waals surface area contributed by atoms with Gasteiger partial charge in [0.25, 0.3) is 5.91 Å². The lowest BCUT2D eigenvalue weighted by atomic mass is 10.1. The van der Waals surface area contributed by atoms with E-state index in [0.717, 1.165) is 5.56 Å². The molecule has 1 amide bonds. The maximum absolute atomic E-state index is 12.8. The summed E-state index contributed by atoms with van der Waals surface area (Å²) in [5.74, 6) is 1.23. The van der Waals surface area contributed by atoms with Crippen molar-refractivity contribution in [2.24, 2.45) is 0 Å². The normalized spacial score (nSPS) is 19.3. The molecule has 0 saturated carbocycles. The first-order valence-corrected chi connectivity index (χ1v) is 7.78. The van der Waals surface area contributed by atoms with Gasteiger partial charge >= 0.3 is 0 Å². The van der Waals surface area contributed by atoms with Crippen LogP contribution >= 0.6 is 0 Å². The number of carbonyl (C=O) groups excluding carboxylic acids is 1. The topological polar surface area (TPSA) is 38.8 Å². The Morgan fingerprint density at radius 3 is 2.35 bits per heavy atom. The fourth-order valence-corrected chi connectivity index (χ4v) is 2.73. The third kappa shape index (κ3) is 3.16. The summed E-state index contributed by atoms with van der Waals surface area (Å²) in [6.45, 7) is 4.46. The van der Waals surface area contributed by atoms with Gasteiger partial charge in [-0.25, -0.2) is 0 Å². The molecule has 0 N–H and O–H groups in total. The minimum Gasteiger partial charge on any atom is -0.482 e. The Labute approximate surface area is 136 Å². The molecule has 23 heavy (non-hydrogen) atoms. The second-order valence-corrected chi connectivity index (χ2v) is 5.93. The van der Waals surface area contributed by atoms with Gasteiger partial charge in [0, 0.05) is 13.6 Å². The number of ether oxygens (including phenoxy) is 2. The minimum atomic E-state index is -0.626. The van der Waals surface area contributed by atoms with Crippen LogP contribution in [-0.4, -0.2) is 30.1 Å². The molecule has 1 heterocycles. The Morgan fingerprint density at radius 1 is 1.04 bits per heavy atom. The van der Waals surface area contributed by atoms with Gasteiger partial charge < -0.3 is 14.4 Å². The highest BCUT2D eigenvalue weighted by atomic mass is 16.6. The van der Waals surface area contributed by atoms with Crippen molar-refractivity contribution in [2.75, 3.05) is 7.05 Å². The highest BCUT2D eigenvalue weighted by molar-refractivity contribution is 5.82. The van der Waals surface area contributed by atoms with Crippen LogP contribution in [0, 0.1) is 6.92 Å². The first kappa shape index (κ1) is 15.4. The largest absolute Gasteiger partial charge is 0.482 e. The number of likely N-dealkylation sites (N-methyl/N-ethyl adjacent to an activating group) is 1. The van der Waals surface area contributed by atoms with E-state index in [1.807, 2.05) is 62.4 Å². The monoisotopic (exact) mass is 311 g/mol. The summed E-state index contributed by atoms with van der Waals surface area (Å²) < 4.78 is 11.7. The van der Waals surface area contributed by atoms with E-state index in [1.165, 1.54) is 5.56 Å². The SMILES string of the molecule is Cc1ccccc1CN(C)C(=O)C1Oc2ccccc2OC1C. The Morgan fingerprint density at radius 2 is 1.65 bits per heavy atom. The average Bonchev–Trinajstić information content (AvgIpc) is 2.55. The van der Waals surface area contributed by atoms with Gasteiger partial charge in [0.1, 0.15) is 6.10 Å². The zero-order valence-corrected chi connectivity index (χ0v) is 13.7. The highest BCUT2D eigenvalue weighted by Crippen LogP contribution is 2.33. The predicted molar refractivity (Wildman–Crippen MR) is 88.6 cm³/mol. The second-order valence-electron chi connectivity index (χ2n) is 5.93. The second kappa shape index (κ2) is 6.32. The molecule has 4 heteroatoms. The lowest BCUT2D eigenvalue weighted by Crippen LogP contribution is -2.49. The van der Waals surface area contributed by atoms with Crippen molar-refractivity contribution in [3.05, 3.63) is 59.7 Å². The van der Waals surface area contributed by atoms with Crippen LogP contribution in [-0.2, 0) is 11.3 Å². The molecule has 2 unspecified atom stereocenters. The van der Waals surface area contributed by atoms with Crippen molar-refractivity contribution >= 4 is 5.91 Å². The number of carbonyl (C=O) groups is 1. The van der Waals surface area contributed by atoms with Crippen LogP contribution in [0.5, 0.6) is 11.5 Å². The fourth-order valence-electron chi connectivity index (χ4n) is 2.73. The summed E-state index contributed by atoms with van der Waals surface area (Å²) in [6.07, 6.45) is -0.948. The molecule has 2 aromatic rings. The van der Waals surface area contributed by atoms with Gasteiger partial charge in [-0.1, -0.05) is 36.4 Å². The van der Waals surface area contributed by atoms with Crippen molar-refractivity contribution in [2.45, 2.75) is 32.6 Å². The van der Waals surface area contributed by atoms with Crippen LogP contribution in [0.25, 0.3) is 0 Å². The molecular formula is C19H21NO3. The fraction of sp³-hybridized carbons (Fsp3) is 0.316. The first-order chi connectivity index (χ1) is 11.1. The summed E-state index contributed by atoms with van der Waals surface area (Å²) in [4.78, 5) is 14.5. The number of benzene rings is 2. The number of para-hydroxylation sites is 2. The Kier molecular flexibility index (Phi) is 4.24. The van der Waals surface area contributed by atoms with Crippen LogP contribution in [0.3, 0.4) is 0 Å². The lowest BCUT2D eigenvalue weighted by molar-refractivity contribution is -0.143. The summed E-state index contributed by atoms with van der Waals surface area (Å²) >= 11 is 0. The zero-order valence-electron chi connectivity index (χ0n) is 13.7. The van der Waals surface area contributed by atoms with E-state index >= 15 is 0 Å². The van der Waals surface area contributed by atoms with Crippen LogP contribution in [0.2, 0.25) is 0 Å². The molecule has 0 aliphatic carbocycles. The Balaban J connectivity index is 1.74. The van der Waals surface area contributed by atoms with E-state index in [-0.39, 0.29) is 12.0 Å².